The number of hydrogen-bond donors (Lipinski definition) is 5. The van der Waals surface area contributed by atoms with Crippen LogP contribution in [0, 0.1) is 5.92 Å². The number of rotatable bonds is 8. The average molecular weight is 288 g/mol. The smallest absolute Gasteiger partial charge is 0.326 e. The van der Waals surface area contributed by atoms with Crippen LogP contribution >= 0.6 is 0 Å². The Hall–Kier alpha value is -2.32. The highest BCUT2D eigenvalue weighted by Gasteiger charge is 2.27. The van der Waals surface area contributed by atoms with E-state index in [-0.39, 0.29) is 12.3 Å². The molecule has 7 N–H and O–H groups in total. The summed E-state index contributed by atoms with van der Waals surface area (Å²) in [4.78, 5) is 44.4. The van der Waals surface area contributed by atoms with Gasteiger partial charge >= 0.3 is 12.0 Å². The van der Waals surface area contributed by atoms with Gasteiger partial charge in [-0.15, -0.1) is 0 Å². The second-order valence-corrected chi connectivity index (χ2v) is 4.76. The van der Waals surface area contributed by atoms with Crippen molar-refractivity contribution in [1.82, 2.24) is 10.6 Å². The fourth-order valence-electron chi connectivity index (χ4n) is 1.55. The molecule has 0 saturated heterocycles. The Morgan fingerprint density at radius 3 is 1.95 bits per heavy atom. The number of carboxylic acid groups (broad SMARTS) is 1. The first kappa shape index (κ1) is 17.7. The SMILES string of the molecule is CC(C)CC(NC(N)=O)C(=O)NC(CC(N)=O)C(=O)O. The predicted molar refractivity (Wildman–Crippen MR) is 69.3 cm³/mol. The highest BCUT2D eigenvalue weighted by Crippen LogP contribution is 2.05. The highest BCUT2D eigenvalue weighted by atomic mass is 16.4. The van der Waals surface area contributed by atoms with E-state index in [2.05, 4.69) is 10.6 Å². The molecule has 0 aromatic heterocycles. The standard InChI is InChI=1S/C11H20N4O5/c1-5(2)3-6(15-11(13)20)9(17)14-7(10(18)19)4-8(12)16/h5-7H,3-4H2,1-2H3,(H2,12,16)(H,14,17)(H,18,19)(H3,13,15,20). The Morgan fingerprint density at radius 1 is 1.05 bits per heavy atom. The van der Waals surface area contributed by atoms with Gasteiger partial charge in [-0.05, 0) is 12.3 Å². The molecule has 0 radical (unpaired) electrons. The Kier molecular flexibility index (Phi) is 7.05. The number of urea groups is 1. The van der Waals surface area contributed by atoms with Gasteiger partial charge in [-0.25, -0.2) is 9.59 Å². The lowest BCUT2D eigenvalue weighted by atomic mass is 10.0. The van der Waals surface area contributed by atoms with Crippen molar-refractivity contribution < 1.29 is 24.3 Å². The van der Waals surface area contributed by atoms with Gasteiger partial charge in [0.1, 0.15) is 12.1 Å². The van der Waals surface area contributed by atoms with Gasteiger partial charge in [0.15, 0.2) is 0 Å². The van der Waals surface area contributed by atoms with Gasteiger partial charge < -0.3 is 27.2 Å². The van der Waals surface area contributed by atoms with Crippen LogP contribution in [0.1, 0.15) is 26.7 Å². The summed E-state index contributed by atoms with van der Waals surface area (Å²) in [5, 5.41) is 13.3. The van der Waals surface area contributed by atoms with E-state index in [1.807, 2.05) is 13.8 Å². The van der Waals surface area contributed by atoms with E-state index in [9.17, 15) is 19.2 Å². The van der Waals surface area contributed by atoms with Crippen LogP contribution in [0.4, 0.5) is 4.79 Å². The molecule has 20 heavy (non-hydrogen) atoms. The maximum atomic E-state index is 11.9. The zero-order chi connectivity index (χ0) is 15.9. The minimum atomic E-state index is -1.44. The van der Waals surface area contributed by atoms with Crippen molar-refractivity contribution in [1.29, 1.82) is 0 Å². The summed E-state index contributed by atoms with van der Waals surface area (Å²) in [5.74, 6) is -2.91. The molecule has 4 amide bonds. The van der Waals surface area contributed by atoms with Crippen molar-refractivity contribution in [2.45, 2.75) is 38.8 Å². The molecule has 0 rings (SSSR count). The van der Waals surface area contributed by atoms with Gasteiger partial charge in [-0.3, -0.25) is 9.59 Å². The maximum absolute atomic E-state index is 11.9. The van der Waals surface area contributed by atoms with Gasteiger partial charge in [-0.2, -0.15) is 0 Å². The van der Waals surface area contributed by atoms with Gasteiger partial charge in [0.2, 0.25) is 11.8 Å². The topological polar surface area (TPSA) is 165 Å². The van der Waals surface area contributed by atoms with Gasteiger partial charge in [0.05, 0.1) is 6.42 Å². The summed E-state index contributed by atoms with van der Waals surface area (Å²) < 4.78 is 0. The van der Waals surface area contributed by atoms with E-state index in [1.54, 1.807) is 0 Å². The molecule has 2 atom stereocenters. The Bertz CT molecular complexity index is 396. The second kappa shape index (κ2) is 7.97. The Morgan fingerprint density at radius 2 is 1.60 bits per heavy atom. The molecular weight excluding hydrogens is 268 g/mol. The Labute approximate surface area is 116 Å². The van der Waals surface area contributed by atoms with E-state index in [0.29, 0.717) is 0 Å². The lowest BCUT2D eigenvalue weighted by Gasteiger charge is -2.21. The molecule has 0 spiro atoms. The summed E-state index contributed by atoms with van der Waals surface area (Å²) in [6, 6.07) is -3.31. The summed E-state index contributed by atoms with van der Waals surface area (Å²) >= 11 is 0. The minimum Gasteiger partial charge on any atom is -0.480 e. The first-order chi connectivity index (χ1) is 9.13. The van der Waals surface area contributed by atoms with Crippen LogP contribution in [-0.2, 0) is 14.4 Å². The zero-order valence-corrected chi connectivity index (χ0v) is 11.4. The van der Waals surface area contributed by atoms with E-state index < -0.39 is 42.3 Å². The molecule has 0 aromatic carbocycles. The van der Waals surface area contributed by atoms with Gasteiger partial charge in [0.25, 0.3) is 0 Å². The monoisotopic (exact) mass is 288 g/mol. The first-order valence-corrected chi connectivity index (χ1v) is 6.01. The molecule has 114 valence electrons. The van der Waals surface area contributed by atoms with Crippen molar-refractivity contribution in [3.8, 4) is 0 Å². The molecule has 0 fully saturated rings. The summed E-state index contributed by atoms with van der Waals surface area (Å²) in [5.41, 5.74) is 9.86. The van der Waals surface area contributed by atoms with Crippen LogP contribution in [0.5, 0.6) is 0 Å². The lowest BCUT2D eigenvalue weighted by Crippen LogP contribution is -2.53. The van der Waals surface area contributed by atoms with Gasteiger partial charge in [0, 0.05) is 0 Å². The van der Waals surface area contributed by atoms with E-state index in [4.69, 9.17) is 16.6 Å². The highest BCUT2D eigenvalue weighted by molar-refractivity contribution is 5.91. The number of nitrogens with two attached hydrogens (primary N) is 2. The van der Waals surface area contributed by atoms with Crippen LogP contribution in [0.25, 0.3) is 0 Å². The summed E-state index contributed by atoms with van der Waals surface area (Å²) in [6.45, 7) is 3.64. The molecule has 0 heterocycles. The molecule has 0 aliphatic heterocycles. The zero-order valence-electron chi connectivity index (χ0n) is 11.4. The number of carbonyl (C=O) groups excluding carboxylic acids is 3. The quantitative estimate of drug-likeness (QED) is 0.366. The molecule has 0 saturated carbocycles. The molecule has 0 bridgehead atoms. The molecular formula is C11H20N4O5. The van der Waals surface area contributed by atoms with E-state index in [1.165, 1.54) is 0 Å². The van der Waals surface area contributed by atoms with Crippen molar-refractivity contribution >= 4 is 23.8 Å². The van der Waals surface area contributed by atoms with Crippen LogP contribution in [-0.4, -0.2) is 41.0 Å². The second-order valence-electron chi connectivity index (χ2n) is 4.76. The number of amides is 4. The summed E-state index contributed by atoms with van der Waals surface area (Å²) in [6.07, 6.45) is -0.260. The van der Waals surface area contributed by atoms with Crippen molar-refractivity contribution in [3.63, 3.8) is 0 Å². The van der Waals surface area contributed by atoms with E-state index in [0.717, 1.165) is 0 Å². The fraction of sp³-hybridized carbons (Fsp3) is 0.636. The first-order valence-electron chi connectivity index (χ1n) is 6.01. The van der Waals surface area contributed by atoms with Crippen molar-refractivity contribution in [2.75, 3.05) is 0 Å². The predicted octanol–water partition coefficient (Wildman–Crippen LogP) is -1.49. The average Bonchev–Trinajstić information content (AvgIpc) is 2.24. The fourth-order valence-corrected chi connectivity index (χ4v) is 1.55. The third-order valence-corrected chi connectivity index (χ3v) is 2.36. The molecule has 0 aromatic rings. The molecule has 0 aliphatic carbocycles. The minimum absolute atomic E-state index is 0.0667. The van der Waals surface area contributed by atoms with Crippen molar-refractivity contribution in [3.05, 3.63) is 0 Å². The van der Waals surface area contributed by atoms with E-state index >= 15 is 0 Å². The number of hydrogen-bond acceptors (Lipinski definition) is 4. The van der Waals surface area contributed by atoms with Crippen LogP contribution < -0.4 is 22.1 Å². The molecule has 9 heteroatoms. The number of aliphatic carboxylic acids is 1. The molecule has 0 aliphatic rings. The van der Waals surface area contributed by atoms with Crippen LogP contribution in [0.2, 0.25) is 0 Å². The number of primary amides is 2. The summed E-state index contributed by atoms with van der Waals surface area (Å²) in [7, 11) is 0. The molecule has 2 unspecified atom stereocenters. The largest absolute Gasteiger partial charge is 0.480 e. The van der Waals surface area contributed by atoms with Crippen molar-refractivity contribution in [2.24, 2.45) is 17.4 Å². The van der Waals surface area contributed by atoms with Crippen LogP contribution in [0.3, 0.4) is 0 Å². The van der Waals surface area contributed by atoms with Gasteiger partial charge in [-0.1, -0.05) is 13.8 Å². The number of carboxylic acids is 1. The normalized spacial score (nSPS) is 13.3. The third kappa shape index (κ3) is 7.19. The molecule has 9 nitrogen and oxygen atoms in total. The number of nitrogens with one attached hydrogen (secondary N) is 2. The maximum Gasteiger partial charge on any atom is 0.326 e. The third-order valence-electron chi connectivity index (χ3n) is 2.36. The van der Waals surface area contributed by atoms with Crippen LogP contribution in [0.15, 0.2) is 0 Å². The lowest BCUT2D eigenvalue weighted by molar-refractivity contribution is -0.143. The Balaban J connectivity index is 4.81. The number of carbonyl (C=O) groups is 4.